The lowest BCUT2D eigenvalue weighted by molar-refractivity contribution is -0.929. The van der Waals surface area contributed by atoms with Crippen LogP contribution in [0.3, 0.4) is 0 Å². The Morgan fingerprint density at radius 2 is 1.89 bits per heavy atom. The number of nitrogens with one attached hydrogen (secondary N) is 5. The molecule has 2 amide bonds. The molecule has 0 spiro atoms. The van der Waals surface area contributed by atoms with Crippen LogP contribution in [0.1, 0.15) is 53.4 Å². The summed E-state index contributed by atoms with van der Waals surface area (Å²) in [7, 11) is 2.13. The summed E-state index contributed by atoms with van der Waals surface area (Å²) in [5.74, 6) is -0.144. The summed E-state index contributed by atoms with van der Waals surface area (Å²) in [4.78, 5) is 31.7. The lowest BCUT2D eigenvalue weighted by atomic mass is 10.0. The van der Waals surface area contributed by atoms with Crippen LogP contribution in [0.15, 0.2) is 67.0 Å². The summed E-state index contributed by atoms with van der Waals surface area (Å²) in [5.41, 5.74) is 5.71. The molecular weight excluding hydrogens is 568 g/mol. The second kappa shape index (κ2) is 14.8. The van der Waals surface area contributed by atoms with E-state index in [0.717, 1.165) is 68.2 Å². The molecule has 45 heavy (non-hydrogen) atoms. The molecule has 1 aromatic heterocycles. The molecule has 3 aromatic rings. The Morgan fingerprint density at radius 1 is 1.11 bits per heavy atom. The number of pyridine rings is 1. The summed E-state index contributed by atoms with van der Waals surface area (Å²) in [6, 6.07) is 18.1. The van der Waals surface area contributed by atoms with Crippen LogP contribution >= 0.6 is 0 Å². The van der Waals surface area contributed by atoms with Crippen LogP contribution in [-0.4, -0.2) is 85.2 Å². The largest absolute Gasteiger partial charge is 0.411 e. The second-order valence-corrected chi connectivity index (χ2v) is 12.7. The first-order valence-electron chi connectivity index (χ1n) is 15.8. The molecule has 2 aromatic carbocycles. The zero-order chi connectivity index (χ0) is 31.8. The normalized spacial score (nSPS) is 19.9. The first-order chi connectivity index (χ1) is 21.7. The zero-order valence-electron chi connectivity index (χ0n) is 26.8. The van der Waals surface area contributed by atoms with Crippen LogP contribution in [0.5, 0.6) is 0 Å². The number of likely N-dealkylation sites (N-methyl/N-ethyl adjacent to an activating group) is 1. The van der Waals surface area contributed by atoms with Gasteiger partial charge in [-0.2, -0.15) is 0 Å². The first-order valence-corrected chi connectivity index (χ1v) is 15.8. The van der Waals surface area contributed by atoms with E-state index in [9.17, 15) is 9.59 Å². The van der Waals surface area contributed by atoms with Crippen molar-refractivity contribution in [2.45, 2.75) is 52.1 Å². The highest BCUT2D eigenvalue weighted by atomic mass is 16.6. The fourth-order valence-corrected chi connectivity index (χ4v) is 5.66. The van der Waals surface area contributed by atoms with E-state index in [-0.39, 0.29) is 30.4 Å². The minimum atomic E-state index is -0.361. The fraction of sp³-hybridized carbons (Fsp3) is 0.441. The monoisotopic (exact) mass is 615 g/mol. The molecule has 0 bridgehead atoms. The summed E-state index contributed by atoms with van der Waals surface area (Å²) in [6.45, 7) is 11.6. The quantitative estimate of drug-likeness (QED) is 0.217. The average Bonchev–Trinajstić information content (AvgIpc) is 3.03. The van der Waals surface area contributed by atoms with Gasteiger partial charge in [0.05, 0.1) is 20.1 Å². The Kier molecular flexibility index (Phi) is 10.7. The molecule has 5 N–H and O–H groups in total. The summed E-state index contributed by atoms with van der Waals surface area (Å²) < 4.78 is 6.15. The number of amides is 2. The van der Waals surface area contributed by atoms with E-state index in [1.165, 1.54) is 5.56 Å². The van der Waals surface area contributed by atoms with Crippen molar-refractivity contribution < 1.29 is 18.8 Å². The predicted octanol–water partition coefficient (Wildman–Crippen LogP) is 4.02. The Morgan fingerprint density at radius 3 is 2.60 bits per heavy atom. The number of quaternary nitrogens is 1. The van der Waals surface area contributed by atoms with Gasteiger partial charge in [-0.1, -0.05) is 24.3 Å². The molecule has 2 unspecified atom stereocenters. The van der Waals surface area contributed by atoms with Gasteiger partial charge in [-0.15, -0.1) is 0 Å². The van der Waals surface area contributed by atoms with Gasteiger partial charge >= 0.3 is 6.09 Å². The summed E-state index contributed by atoms with van der Waals surface area (Å²) >= 11 is 0. The topological polar surface area (TPSA) is 120 Å². The van der Waals surface area contributed by atoms with Gasteiger partial charge < -0.3 is 20.7 Å². The van der Waals surface area contributed by atoms with E-state index >= 15 is 0 Å². The van der Waals surface area contributed by atoms with Crippen molar-refractivity contribution >= 4 is 23.4 Å². The summed E-state index contributed by atoms with van der Waals surface area (Å²) in [6.07, 6.45) is 4.20. The van der Waals surface area contributed by atoms with Gasteiger partial charge in [-0.25, -0.2) is 4.79 Å². The molecule has 240 valence electrons. The number of aryl methyl sites for hydroxylation is 1. The molecule has 2 saturated heterocycles. The van der Waals surface area contributed by atoms with Gasteiger partial charge in [0.25, 0.3) is 5.91 Å². The maximum Gasteiger partial charge on any atom is 0.411 e. The Labute approximate surface area is 266 Å². The molecular formula is C34H47N8O3+. The van der Waals surface area contributed by atoms with Crippen LogP contribution in [0.25, 0.3) is 0 Å². The number of nitrogens with zero attached hydrogens (tertiary/aromatic N) is 3. The van der Waals surface area contributed by atoms with E-state index in [2.05, 4.69) is 56.5 Å². The molecule has 0 saturated carbocycles. The number of aromatic nitrogens is 1. The molecule has 11 nitrogen and oxygen atoms in total. The Balaban J connectivity index is 1.10. The maximum atomic E-state index is 13.1. The van der Waals surface area contributed by atoms with Crippen molar-refractivity contribution in [2.75, 3.05) is 57.1 Å². The Hall–Kier alpha value is -4.03. The number of benzene rings is 2. The van der Waals surface area contributed by atoms with Crippen LogP contribution in [-0.2, 0) is 11.3 Å². The second-order valence-electron chi connectivity index (χ2n) is 12.7. The van der Waals surface area contributed by atoms with Gasteiger partial charge in [-0.3, -0.25) is 29.8 Å². The molecule has 5 rings (SSSR count). The van der Waals surface area contributed by atoms with Gasteiger partial charge in [0, 0.05) is 67.6 Å². The maximum absolute atomic E-state index is 13.1. The van der Waals surface area contributed by atoms with Crippen LogP contribution in [0, 0.1) is 6.92 Å². The number of carbonyl (C=O) groups is 2. The van der Waals surface area contributed by atoms with Crippen molar-refractivity contribution in [1.29, 1.82) is 0 Å². The predicted molar refractivity (Wildman–Crippen MR) is 177 cm³/mol. The smallest absolute Gasteiger partial charge is 0.399 e. The number of piperazine rings is 1. The SMILES string of the molecule is Cc1ccc(NC(=O)c2ccc(CN3CC[N+](C)(COC(=O)NC(C)C)CC3)cc2)cc1NC1NCCC(c2cccnc2)N1. The lowest BCUT2D eigenvalue weighted by Crippen LogP contribution is -2.58. The number of hydrogen-bond donors (Lipinski definition) is 5. The number of hydrogen-bond acceptors (Lipinski definition) is 8. The van der Waals surface area contributed by atoms with Crippen molar-refractivity contribution in [3.63, 3.8) is 0 Å². The molecule has 2 aliphatic rings. The summed E-state index contributed by atoms with van der Waals surface area (Å²) in [5, 5.41) is 16.5. The molecule has 2 aliphatic heterocycles. The van der Waals surface area contributed by atoms with Crippen molar-refractivity contribution in [1.82, 2.24) is 25.8 Å². The molecule has 2 fully saturated rings. The zero-order valence-corrected chi connectivity index (χ0v) is 26.8. The molecule has 0 aliphatic carbocycles. The third-order valence-corrected chi connectivity index (χ3v) is 8.48. The van der Waals surface area contributed by atoms with Crippen LogP contribution in [0.4, 0.5) is 16.2 Å². The standard InChI is InChI=1S/C34H46N8O3/c1-24(2)37-34(44)45-23-42(4)18-16-41(17-19-42)22-26-8-10-27(11-9-26)32(43)38-29-12-7-25(3)31(20-29)40-33-36-15-13-30(39-33)28-6-5-14-35-21-28/h5-12,14,20-21,24,30,33,36,39-40H,13,15-19,22-23H2,1-4H3,(H-,37,38,43,44)/p+1. The van der Waals surface area contributed by atoms with E-state index in [1.807, 2.05) is 68.6 Å². The van der Waals surface area contributed by atoms with Crippen molar-refractivity contribution in [3.05, 3.63) is 89.2 Å². The van der Waals surface area contributed by atoms with Gasteiger partial charge in [-0.05, 0) is 74.2 Å². The fourth-order valence-electron chi connectivity index (χ4n) is 5.66. The molecule has 2 atom stereocenters. The van der Waals surface area contributed by atoms with E-state index in [1.54, 1.807) is 6.20 Å². The minimum Gasteiger partial charge on any atom is -0.399 e. The van der Waals surface area contributed by atoms with Crippen LogP contribution in [0.2, 0.25) is 0 Å². The highest BCUT2D eigenvalue weighted by Gasteiger charge is 2.30. The third kappa shape index (κ3) is 9.24. The average molecular weight is 616 g/mol. The highest BCUT2D eigenvalue weighted by Crippen LogP contribution is 2.24. The number of alkyl carbamates (subject to hydrolysis) is 1. The molecule has 3 heterocycles. The van der Waals surface area contributed by atoms with E-state index < -0.39 is 0 Å². The minimum absolute atomic E-state index is 0.0593. The van der Waals surface area contributed by atoms with Gasteiger partial charge in [0.2, 0.25) is 6.73 Å². The van der Waals surface area contributed by atoms with Gasteiger partial charge in [0.15, 0.2) is 0 Å². The van der Waals surface area contributed by atoms with Crippen LogP contribution < -0.4 is 26.6 Å². The van der Waals surface area contributed by atoms with Gasteiger partial charge in [0.1, 0.15) is 6.29 Å². The molecule has 0 radical (unpaired) electrons. The highest BCUT2D eigenvalue weighted by molar-refractivity contribution is 6.04. The number of ether oxygens (including phenoxy) is 1. The number of carbonyl (C=O) groups excluding carboxylic acids is 2. The van der Waals surface area contributed by atoms with Crippen molar-refractivity contribution in [3.8, 4) is 0 Å². The van der Waals surface area contributed by atoms with E-state index in [4.69, 9.17) is 4.74 Å². The van der Waals surface area contributed by atoms with E-state index in [0.29, 0.717) is 16.8 Å². The molecule has 11 heteroatoms. The van der Waals surface area contributed by atoms with Crippen molar-refractivity contribution in [2.24, 2.45) is 0 Å². The number of anilines is 2. The Bertz CT molecular complexity index is 1430. The first kappa shape index (κ1) is 32.4. The third-order valence-electron chi connectivity index (χ3n) is 8.48. The number of rotatable bonds is 10. The lowest BCUT2D eigenvalue weighted by Gasteiger charge is -2.41.